The highest BCUT2D eigenvalue weighted by Crippen LogP contribution is 2.14. The molecule has 0 aliphatic carbocycles. The van der Waals surface area contributed by atoms with E-state index in [0.29, 0.717) is 17.2 Å². The molecule has 1 N–H and O–H groups in total. The first-order chi connectivity index (χ1) is 9.97. The van der Waals surface area contributed by atoms with E-state index in [1.807, 2.05) is 0 Å². The largest absolute Gasteiger partial charge is 0.348 e. The summed E-state index contributed by atoms with van der Waals surface area (Å²) in [5.74, 6) is -0.109. The Morgan fingerprint density at radius 3 is 2.67 bits per heavy atom. The lowest BCUT2D eigenvalue weighted by Crippen LogP contribution is -2.49. The van der Waals surface area contributed by atoms with Crippen molar-refractivity contribution in [2.75, 3.05) is 13.1 Å². The van der Waals surface area contributed by atoms with Crippen LogP contribution in [0.15, 0.2) is 24.3 Å². The van der Waals surface area contributed by atoms with Crippen LogP contribution in [-0.4, -0.2) is 41.8 Å². The normalized spacial score (nSPS) is 19.5. The van der Waals surface area contributed by atoms with Gasteiger partial charge < -0.3 is 5.32 Å². The minimum Gasteiger partial charge on any atom is -0.348 e. The van der Waals surface area contributed by atoms with Crippen molar-refractivity contribution in [3.05, 3.63) is 35.4 Å². The van der Waals surface area contributed by atoms with Gasteiger partial charge in [0.25, 0.3) is 5.91 Å². The molecule has 21 heavy (non-hydrogen) atoms. The lowest BCUT2D eigenvalue weighted by molar-refractivity contribution is 0.0886. The molecule has 4 nitrogen and oxygen atoms in total. The van der Waals surface area contributed by atoms with Gasteiger partial charge in [-0.3, -0.25) is 14.5 Å². The van der Waals surface area contributed by atoms with Crippen molar-refractivity contribution in [3.8, 4) is 0 Å². The number of likely N-dealkylation sites (tertiary alicyclic amines) is 1. The molecule has 0 aromatic heterocycles. The van der Waals surface area contributed by atoms with Crippen molar-refractivity contribution in [1.29, 1.82) is 0 Å². The van der Waals surface area contributed by atoms with Crippen molar-refractivity contribution >= 4 is 11.7 Å². The molecule has 0 spiro atoms. The Morgan fingerprint density at radius 2 is 2.00 bits per heavy atom. The van der Waals surface area contributed by atoms with Gasteiger partial charge in [0.1, 0.15) is 0 Å². The van der Waals surface area contributed by atoms with Crippen LogP contribution in [0.25, 0.3) is 0 Å². The monoisotopic (exact) mass is 288 g/mol. The summed E-state index contributed by atoms with van der Waals surface area (Å²) in [6.45, 7) is 7.87. The highest BCUT2D eigenvalue weighted by molar-refractivity contribution is 5.99. The van der Waals surface area contributed by atoms with Crippen LogP contribution >= 0.6 is 0 Å². The number of hydrogen-bond acceptors (Lipinski definition) is 3. The molecule has 1 atom stereocenters. The van der Waals surface area contributed by atoms with Crippen LogP contribution in [0.1, 0.15) is 54.3 Å². The number of carbonyl (C=O) groups excluding carboxylic acids is 2. The number of nitrogens with one attached hydrogen (secondary N) is 1. The smallest absolute Gasteiger partial charge is 0.251 e. The van der Waals surface area contributed by atoms with Gasteiger partial charge in [-0.1, -0.05) is 12.1 Å². The number of hydrogen-bond donors (Lipinski definition) is 1. The van der Waals surface area contributed by atoms with E-state index in [9.17, 15) is 9.59 Å². The van der Waals surface area contributed by atoms with E-state index in [1.54, 1.807) is 24.3 Å². The van der Waals surface area contributed by atoms with Crippen LogP contribution in [0.3, 0.4) is 0 Å². The van der Waals surface area contributed by atoms with Gasteiger partial charge in [-0.2, -0.15) is 0 Å². The molecule has 0 bridgehead atoms. The van der Waals surface area contributed by atoms with E-state index in [2.05, 4.69) is 24.1 Å². The van der Waals surface area contributed by atoms with Gasteiger partial charge in [0.2, 0.25) is 0 Å². The van der Waals surface area contributed by atoms with Crippen LogP contribution in [0.4, 0.5) is 0 Å². The van der Waals surface area contributed by atoms with Gasteiger partial charge in [-0.05, 0) is 52.3 Å². The number of piperidine rings is 1. The molecular weight excluding hydrogens is 264 g/mol. The quantitative estimate of drug-likeness (QED) is 0.866. The number of ketones is 1. The third-order valence-corrected chi connectivity index (χ3v) is 4.05. The fraction of sp³-hybridized carbons (Fsp3) is 0.529. The summed E-state index contributed by atoms with van der Waals surface area (Å²) in [5.41, 5.74) is 1.14. The number of Topliss-reactive ketones (excluding diaryl/α,β-unsaturated/α-hetero) is 1. The van der Waals surface area contributed by atoms with Crippen molar-refractivity contribution < 1.29 is 9.59 Å². The van der Waals surface area contributed by atoms with Crippen molar-refractivity contribution in [3.63, 3.8) is 0 Å². The SMILES string of the molecule is CC(=O)c1cccc(C(=O)N[C@@H]2CCCN(C(C)C)C2)c1. The molecular formula is C17H24N2O2. The molecule has 1 saturated heterocycles. The van der Waals surface area contributed by atoms with E-state index in [0.717, 1.165) is 25.9 Å². The summed E-state index contributed by atoms with van der Waals surface area (Å²) < 4.78 is 0. The zero-order valence-corrected chi connectivity index (χ0v) is 13.1. The van der Waals surface area contributed by atoms with Crippen molar-refractivity contribution in [1.82, 2.24) is 10.2 Å². The average Bonchev–Trinajstić information content (AvgIpc) is 2.47. The Kier molecular flexibility index (Phi) is 5.12. The number of benzene rings is 1. The maximum atomic E-state index is 12.3. The van der Waals surface area contributed by atoms with Gasteiger partial charge in [0.05, 0.1) is 0 Å². The molecule has 1 aliphatic rings. The molecule has 0 unspecified atom stereocenters. The minimum atomic E-state index is -0.0892. The molecule has 4 heteroatoms. The van der Waals surface area contributed by atoms with E-state index < -0.39 is 0 Å². The second kappa shape index (κ2) is 6.85. The second-order valence-corrected chi connectivity index (χ2v) is 6.04. The number of amides is 1. The van der Waals surface area contributed by atoms with Crippen LogP contribution in [0, 0.1) is 0 Å². The fourth-order valence-electron chi connectivity index (χ4n) is 2.74. The van der Waals surface area contributed by atoms with E-state index in [4.69, 9.17) is 0 Å². The third kappa shape index (κ3) is 4.14. The molecule has 1 aliphatic heterocycles. The summed E-state index contributed by atoms with van der Waals surface area (Å²) in [5, 5.41) is 3.09. The van der Waals surface area contributed by atoms with Crippen LogP contribution in [0.2, 0.25) is 0 Å². The molecule has 2 rings (SSSR count). The molecule has 1 heterocycles. The molecule has 1 fully saturated rings. The first kappa shape index (κ1) is 15.7. The van der Waals surface area contributed by atoms with Gasteiger partial charge in [0, 0.05) is 29.8 Å². The summed E-state index contributed by atoms with van der Waals surface area (Å²) in [4.78, 5) is 26.1. The topological polar surface area (TPSA) is 49.4 Å². The van der Waals surface area contributed by atoms with Gasteiger partial charge in [0.15, 0.2) is 5.78 Å². The van der Waals surface area contributed by atoms with Gasteiger partial charge in [-0.15, -0.1) is 0 Å². The Bertz CT molecular complexity index is 525. The first-order valence-corrected chi connectivity index (χ1v) is 7.63. The molecule has 1 aromatic carbocycles. The molecule has 0 radical (unpaired) electrons. The molecule has 0 saturated carbocycles. The maximum Gasteiger partial charge on any atom is 0.251 e. The Balaban J connectivity index is 2.01. The number of nitrogens with zero attached hydrogens (tertiary/aromatic N) is 1. The van der Waals surface area contributed by atoms with E-state index in [1.165, 1.54) is 6.92 Å². The highest BCUT2D eigenvalue weighted by Gasteiger charge is 2.23. The van der Waals surface area contributed by atoms with Crippen LogP contribution < -0.4 is 5.32 Å². The first-order valence-electron chi connectivity index (χ1n) is 7.63. The Labute approximate surface area is 126 Å². The Morgan fingerprint density at radius 1 is 1.29 bits per heavy atom. The third-order valence-electron chi connectivity index (χ3n) is 4.05. The zero-order valence-electron chi connectivity index (χ0n) is 13.1. The zero-order chi connectivity index (χ0) is 15.4. The van der Waals surface area contributed by atoms with E-state index in [-0.39, 0.29) is 17.7 Å². The predicted octanol–water partition coefficient (Wildman–Crippen LogP) is 2.49. The summed E-state index contributed by atoms with van der Waals surface area (Å²) in [6.07, 6.45) is 2.12. The lowest BCUT2D eigenvalue weighted by atomic mass is 10.0. The minimum absolute atomic E-state index is 0.0201. The predicted molar refractivity (Wildman–Crippen MR) is 83.6 cm³/mol. The second-order valence-electron chi connectivity index (χ2n) is 6.04. The summed E-state index contributed by atoms with van der Waals surface area (Å²) in [6, 6.07) is 7.61. The highest BCUT2D eigenvalue weighted by atomic mass is 16.1. The van der Waals surface area contributed by atoms with Gasteiger partial charge in [-0.25, -0.2) is 0 Å². The van der Waals surface area contributed by atoms with Crippen molar-refractivity contribution in [2.24, 2.45) is 0 Å². The lowest BCUT2D eigenvalue weighted by Gasteiger charge is -2.35. The maximum absolute atomic E-state index is 12.3. The van der Waals surface area contributed by atoms with Crippen LogP contribution in [-0.2, 0) is 0 Å². The molecule has 114 valence electrons. The Hall–Kier alpha value is -1.68. The van der Waals surface area contributed by atoms with Crippen molar-refractivity contribution in [2.45, 2.75) is 45.7 Å². The standard InChI is InChI=1S/C17H24N2O2/c1-12(2)19-9-5-8-16(11-19)18-17(21)15-7-4-6-14(10-15)13(3)20/h4,6-7,10,12,16H,5,8-9,11H2,1-3H3,(H,18,21)/t16-/m1/s1. The molecule has 1 amide bonds. The average molecular weight is 288 g/mol. The van der Waals surface area contributed by atoms with Gasteiger partial charge >= 0.3 is 0 Å². The number of rotatable bonds is 4. The summed E-state index contributed by atoms with van der Waals surface area (Å²) in [7, 11) is 0. The van der Waals surface area contributed by atoms with Crippen LogP contribution in [0.5, 0.6) is 0 Å². The fourth-order valence-corrected chi connectivity index (χ4v) is 2.74. The summed E-state index contributed by atoms with van der Waals surface area (Å²) >= 11 is 0. The number of carbonyl (C=O) groups is 2. The molecule has 1 aromatic rings. The van der Waals surface area contributed by atoms with E-state index >= 15 is 0 Å².